The molecule has 3 fully saturated rings. The van der Waals surface area contributed by atoms with Crippen molar-refractivity contribution in [1.29, 1.82) is 0 Å². The molecule has 5 rings (SSSR count). The first-order valence-corrected chi connectivity index (χ1v) is 12.9. The summed E-state index contributed by atoms with van der Waals surface area (Å²) in [6.45, 7) is 6.73. The van der Waals surface area contributed by atoms with Gasteiger partial charge in [-0.1, -0.05) is 30.3 Å². The Morgan fingerprint density at radius 1 is 1.13 bits per heavy atom. The molecule has 1 unspecified atom stereocenters. The van der Waals surface area contributed by atoms with Crippen LogP contribution in [0.15, 0.2) is 30.3 Å². The average Bonchev–Trinajstić information content (AvgIpc) is 2.93. The number of fused-ring (bicyclic) bond motifs is 2. The van der Waals surface area contributed by atoms with Crippen molar-refractivity contribution < 1.29 is 14.3 Å². The van der Waals surface area contributed by atoms with Crippen molar-refractivity contribution in [3.63, 3.8) is 0 Å². The number of carbonyl (C=O) groups excluding carboxylic acids is 1. The minimum Gasteiger partial charge on any atom is -0.444 e. The van der Waals surface area contributed by atoms with E-state index in [1.54, 1.807) is 0 Å². The molecular weight excluding hydrogens is 620 g/mol. The maximum absolute atomic E-state index is 12.4. The zero-order valence-electron chi connectivity index (χ0n) is 18.1. The fraction of sp³-hybridized carbons (Fsp3) is 0.565. The number of imidazole rings is 1. The minimum absolute atomic E-state index is 0.138. The molecule has 1 aromatic carbocycles. The first-order chi connectivity index (χ1) is 14.7. The molecule has 3 aliphatic carbocycles. The first kappa shape index (κ1) is 23.3. The summed E-state index contributed by atoms with van der Waals surface area (Å²) in [4.78, 5) is 17.2. The van der Waals surface area contributed by atoms with Crippen LogP contribution in [0.5, 0.6) is 0 Å². The van der Waals surface area contributed by atoms with E-state index in [9.17, 15) is 4.79 Å². The monoisotopic (exact) mass is 649 g/mol. The Morgan fingerprint density at radius 3 is 2.52 bits per heavy atom. The van der Waals surface area contributed by atoms with Crippen molar-refractivity contribution in [2.45, 2.75) is 70.9 Å². The minimum atomic E-state index is -0.487. The first-order valence-electron chi connectivity index (χ1n) is 10.7. The smallest absolute Gasteiger partial charge is 0.407 e. The number of hydrogen-bond donors (Lipinski definition) is 1. The third kappa shape index (κ3) is 5.55. The van der Waals surface area contributed by atoms with E-state index in [1.165, 1.54) is 0 Å². The number of carbonyl (C=O) groups is 1. The van der Waals surface area contributed by atoms with Crippen LogP contribution in [0.4, 0.5) is 4.79 Å². The number of nitrogens with zero attached hydrogens (tertiary/aromatic N) is 2. The quantitative estimate of drug-likeness (QED) is 0.410. The van der Waals surface area contributed by atoms with Gasteiger partial charge < -0.3 is 19.4 Å². The fourth-order valence-corrected chi connectivity index (χ4v) is 5.94. The topological polar surface area (TPSA) is 65.4 Å². The van der Waals surface area contributed by atoms with Gasteiger partial charge in [-0.3, -0.25) is 0 Å². The van der Waals surface area contributed by atoms with Crippen molar-refractivity contribution in [3.8, 4) is 0 Å². The van der Waals surface area contributed by atoms with Gasteiger partial charge in [0.05, 0.1) is 6.61 Å². The van der Waals surface area contributed by atoms with Crippen LogP contribution in [0, 0.1) is 19.2 Å². The fourth-order valence-electron chi connectivity index (χ4n) is 4.65. The highest BCUT2D eigenvalue weighted by atomic mass is 127. The average molecular weight is 649 g/mol. The van der Waals surface area contributed by atoms with Crippen LogP contribution in [-0.2, 0) is 22.7 Å². The second-order valence-electron chi connectivity index (χ2n) is 9.51. The van der Waals surface area contributed by atoms with Gasteiger partial charge in [-0.25, -0.2) is 9.78 Å². The van der Waals surface area contributed by atoms with Gasteiger partial charge in [-0.15, -0.1) is 0 Å². The Kier molecular flexibility index (Phi) is 7.17. The van der Waals surface area contributed by atoms with E-state index in [-0.39, 0.29) is 12.1 Å². The SMILES string of the molecule is CC(C)(C)OC(=O)NC1C[C@@H](n2c(COCc3ccccc3)nc(I)c2I)C2CC1C2. The zero-order chi connectivity index (χ0) is 22.2. The number of hydrogen-bond acceptors (Lipinski definition) is 4. The summed E-state index contributed by atoms with van der Waals surface area (Å²) in [7, 11) is 0. The molecule has 31 heavy (non-hydrogen) atoms. The summed E-state index contributed by atoms with van der Waals surface area (Å²) in [6.07, 6.45) is 2.87. The lowest BCUT2D eigenvalue weighted by atomic mass is 9.60. The van der Waals surface area contributed by atoms with Crippen LogP contribution >= 0.6 is 45.2 Å². The molecule has 6 nitrogen and oxygen atoms in total. The summed E-state index contributed by atoms with van der Waals surface area (Å²) in [5, 5.41) is 3.14. The largest absolute Gasteiger partial charge is 0.444 e. The summed E-state index contributed by atoms with van der Waals surface area (Å²) in [5.41, 5.74) is 0.672. The second kappa shape index (κ2) is 9.54. The molecule has 2 atom stereocenters. The highest BCUT2D eigenvalue weighted by Crippen LogP contribution is 2.52. The van der Waals surface area contributed by atoms with Crippen molar-refractivity contribution in [3.05, 3.63) is 49.1 Å². The summed E-state index contributed by atoms with van der Waals surface area (Å²) >= 11 is 4.70. The molecule has 0 aliphatic heterocycles. The number of amides is 1. The third-order valence-electron chi connectivity index (χ3n) is 6.08. The van der Waals surface area contributed by atoms with Gasteiger partial charge in [0.25, 0.3) is 0 Å². The molecular formula is C23H29I2N3O3. The molecule has 3 aliphatic rings. The molecule has 0 saturated heterocycles. The lowest BCUT2D eigenvalue weighted by Crippen LogP contribution is -2.54. The maximum Gasteiger partial charge on any atom is 0.407 e. The van der Waals surface area contributed by atoms with Crippen molar-refractivity contribution in [2.24, 2.45) is 11.8 Å². The summed E-state index contributed by atoms with van der Waals surface area (Å²) in [6, 6.07) is 10.7. The lowest BCUT2D eigenvalue weighted by Gasteiger charge is -2.52. The zero-order valence-corrected chi connectivity index (χ0v) is 22.4. The number of benzene rings is 1. The number of alkyl carbamates (subject to hydrolysis) is 1. The normalized spacial score (nSPS) is 25.1. The van der Waals surface area contributed by atoms with Gasteiger partial charge in [0.2, 0.25) is 0 Å². The van der Waals surface area contributed by atoms with Gasteiger partial charge >= 0.3 is 6.09 Å². The van der Waals surface area contributed by atoms with Gasteiger partial charge in [0.1, 0.15) is 25.4 Å². The van der Waals surface area contributed by atoms with E-state index in [4.69, 9.17) is 14.5 Å². The van der Waals surface area contributed by atoms with Crippen LogP contribution < -0.4 is 5.32 Å². The summed E-state index contributed by atoms with van der Waals surface area (Å²) in [5.74, 6) is 2.15. The van der Waals surface area contributed by atoms with E-state index in [1.807, 2.05) is 39.0 Å². The predicted octanol–water partition coefficient (Wildman–Crippen LogP) is 5.67. The van der Waals surface area contributed by atoms with E-state index >= 15 is 0 Å². The summed E-state index contributed by atoms with van der Waals surface area (Å²) < 4.78 is 16.0. The van der Waals surface area contributed by atoms with Crippen molar-refractivity contribution in [2.75, 3.05) is 0 Å². The van der Waals surface area contributed by atoms with E-state index in [2.05, 4.69) is 67.2 Å². The third-order valence-corrected chi connectivity index (χ3v) is 8.90. The Labute approximate surface area is 211 Å². The van der Waals surface area contributed by atoms with Crippen LogP contribution in [0.1, 0.15) is 57.5 Å². The predicted molar refractivity (Wildman–Crippen MR) is 136 cm³/mol. The molecule has 2 bridgehead atoms. The van der Waals surface area contributed by atoms with E-state index in [0.29, 0.717) is 31.1 Å². The Balaban J connectivity index is 1.45. The molecule has 1 amide bonds. The Hall–Kier alpha value is -0.880. The van der Waals surface area contributed by atoms with E-state index in [0.717, 1.165) is 38.1 Å². The number of rotatable bonds is 6. The standard InChI is InChI=1S/C23H29I2N3O3/c1-23(2,3)31-22(29)26-17-11-18(16-9-15(17)10-16)28-19(27-20(24)21(28)25)13-30-12-14-7-5-4-6-8-14/h4-8,15-18H,9-13H2,1-3H3,(H,26,29)/t15?,16?,17?,18-/m1/s1. The van der Waals surface area contributed by atoms with Crippen molar-refractivity contribution in [1.82, 2.24) is 14.9 Å². The number of nitrogens with one attached hydrogen (secondary N) is 1. The second-order valence-corrected chi connectivity index (χ2v) is 11.5. The van der Waals surface area contributed by atoms with Crippen LogP contribution in [-0.4, -0.2) is 27.3 Å². The van der Waals surface area contributed by atoms with Gasteiger partial charge in [-0.05, 0) is 103 Å². The highest BCUT2D eigenvalue weighted by Gasteiger charge is 2.48. The number of aromatic nitrogens is 2. The van der Waals surface area contributed by atoms with Gasteiger partial charge in [0.15, 0.2) is 0 Å². The molecule has 3 saturated carbocycles. The van der Waals surface area contributed by atoms with Crippen LogP contribution in [0.25, 0.3) is 0 Å². The van der Waals surface area contributed by atoms with Gasteiger partial charge in [0, 0.05) is 12.1 Å². The number of halogens is 2. The Bertz CT molecular complexity index is 920. The molecule has 8 heteroatoms. The van der Waals surface area contributed by atoms with Crippen molar-refractivity contribution >= 4 is 51.3 Å². The van der Waals surface area contributed by atoms with E-state index < -0.39 is 5.60 Å². The molecule has 168 valence electrons. The molecule has 1 aromatic heterocycles. The lowest BCUT2D eigenvalue weighted by molar-refractivity contribution is 0.00423. The molecule has 1 heterocycles. The Morgan fingerprint density at radius 2 is 1.84 bits per heavy atom. The van der Waals surface area contributed by atoms with Gasteiger partial charge in [-0.2, -0.15) is 0 Å². The number of ether oxygens (including phenoxy) is 2. The highest BCUT2D eigenvalue weighted by molar-refractivity contribution is 14.1. The molecule has 2 aromatic rings. The molecule has 0 radical (unpaired) electrons. The maximum atomic E-state index is 12.4. The van der Waals surface area contributed by atoms with Crippen LogP contribution in [0.3, 0.4) is 0 Å². The molecule has 0 spiro atoms. The molecule has 1 N–H and O–H groups in total. The van der Waals surface area contributed by atoms with Crippen LogP contribution in [0.2, 0.25) is 0 Å².